The van der Waals surface area contributed by atoms with Crippen LogP contribution in [0, 0.1) is 0 Å². The number of nitrogens with zero attached hydrogens (tertiary/aromatic N) is 1. The average Bonchev–Trinajstić information content (AvgIpc) is 2.78. The fourth-order valence-corrected chi connectivity index (χ4v) is 1.90. The zero-order valence-electron chi connectivity index (χ0n) is 11.0. The number of benzene rings is 1. The zero-order valence-corrected chi connectivity index (χ0v) is 11.0. The molecular formula is C14H15NO5. The van der Waals surface area contributed by atoms with Gasteiger partial charge >= 0.3 is 12.1 Å². The molecule has 6 heteroatoms. The smallest absolute Gasteiger partial charge is 0.410 e. The van der Waals surface area contributed by atoms with E-state index in [0.29, 0.717) is 13.1 Å². The van der Waals surface area contributed by atoms with Crippen LogP contribution in [0.5, 0.6) is 5.75 Å². The lowest BCUT2D eigenvalue weighted by Gasteiger charge is -2.12. The van der Waals surface area contributed by atoms with Crippen LogP contribution in [0.1, 0.15) is 5.56 Å². The van der Waals surface area contributed by atoms with Crippen LogP contribution < -0.4 is 4.74 Å². The molecule has 0 aromatic heterocycles. The highest BCUT2D eigenvalue weighted by Gasteiger charge is 2.29. The number of cyclic esters (lactones) is 1. The predicted molar refractivity (Wildman–Crippen MR) is 70.4 cm³/mol. The average molecular weight is 277 g/mol. The molecule has 1 N–H and O–H groups in total. The molecule has 2 rings (SSSR count). The molecule has 0 spiro atoms. The van der Waals surface area contributed by atoms with Crippen molar-refractivity contribution in [1.82, 2.24) is 4.90 Å². The van der Waals surface area contributed by atoms with E-state index < -0.39 is 18.2 Å². The number of aliphatic carboxylic acids is 1. The molecule has 1 aliphatic heterocycles. The summed E-state index contributed by atoms with van der Waals surface area (Å²) in [5.74, 6) is -0.310. The minimum absolute atomic E-state index is 0.342. The van der Waals surface area contributed by atoms with Crippen molar-refractivity contribution in [2.24, 2.45) is 0 Å². The van der Waals surface area contributed by atoms with Gasteiger partial charge in [0.25, 0.3) is 0 Å². The van der Waals surface area contributed by atoms with Gasteiger partial charge in [0.15, 0.2) is 0 Å². The first-order chi connectivity index (χ1) is 9.58. The van der Waals surface area contributed by atoms with Crippen LogP contribution in [-0.4, -0.2) is 41.8 Å². The number of hydrogen-bond acceptors (Lipinski definition) is 4. The SMILES string of the molecule is COc1ccc(CN2CC(/C=C/C(=O)O)OC2=O)cc1. The van der Waals surface area contributed by atoms with Crippen LogP contribution in [0.3, 0.4) is 0 Å². The first-order valence-electron chi connectivity index (χ1n) is 6.08. The van der Waals surface area contributed by atoms with Gasteiger partial charge in [0, 0.05) is 12.6 Å². The second-order valence-electron chi connectivity index (χ2n) is 4.35. The number of carboxylic acids is 1. The molecule has 20 heavy (non-hydrogen) atoms. The summed E-state index contributed by atoms with van der Waals surface area (Å²) in [6.45, 7) is 0.759. The van der Waals surface area contributed by atoms with E-state index in [1.807, 2.05) is 24.3 Å². The molecule has 6 nitrogen and oxygen atoms in total. The first kappa shape index (κ1) is 13.9. The molecule has 1 unspecified atom stereocenters. The highest BCUT2D eigenvalue weighted by atomic mass is 16.6. The molecule has 1 fully saturated rings. The highest BCUT2D eigenvalue weighted by molar-refractivity contribution is 5.80. The van der Waals surface area contributed by atoms with Crippen molar-refractivity contribution in [3.8, 4) is 5.75 Å². The zero-order chi connectivity index (χ0) is 14.5. The summed E-state index contributed by atoms with van der Waals surface area (Å²) in [5, 5.41) is 8.54. The van der Waals surface area contributed by atoms with Gasteiger partial charge in [-0.05, 0) is 23.8 Å². The summed E-state index contributed by atoms with van der Waals surface area (Å²) in [6, 6.07) is 7.37. The molecule has 0 bridgehead atoms. The maximum atomic E-state index is 11.7. The molecule has 1 aromatic carbocycles. The van der Waals surface area contributed by atoms with E-state index in [1.54, 1.807) is 7.11 Å². The molecular weight excluding hydrogens is 262 g/mol. The number of rotatable bonds is 5. The van der Waals surface area contributed by atoms with E-state index in [-0.39, 0.29) is 0 Å². The van der Waals surface area contributed by atoms with E-state index in [2.05, 4.69) is 0 Å². The van der Waals surface area contributed by atoms with Gasteiger partial charge in [-0.15, -0.1) is 0 Å². The van der Waals surface area contributed by atoms with E-state index in [4.69, 9.17) is 14.6 Å². The van der Waals surface area contributed by atoms with Crippen molar-refractivity contribution in [3.63, 3.8) is 0 Å². The second-order valence-corrected chi connectivity index (χ2v) is 4.35. The van der Waals surface area contributed by atoms with Crippen molar-refractivity contribution in [2.45, 2.75) is 12.6 Å². The van der Waals surface area contributed by atoms with Crippen LogP contribution in [0.15, 0.2) is 36.4 Å². The number of hydrogen-bond donors (Lipinski definition) is 1. The summed E-state index contributed by atoms with van der Waals surface area (Å²) in [5.41, 5.74) is 0.950. The quantitative estimate of drug-likeness (QED) is 0.828. The lowest BCUT2D eigenvalue weighted by Crippen LogP contribution is -2.24. The van der Waals surface area contributed by atoms with Gasteiger partial charge in [-0.1, -0.05) is 12.1 Å². The Bertz CT molecular complexity index is 523. The standard InChI is InChI=1S/C14H15NO5/c1-19-11-4-2-10(3-5-11)8-15-9-12(20-14(15)18)6-7-13(16)17/h2-7,12H,8-9H2,1H3,(H,16,17)/b7-6+. The lowest BCUT2D eigenvalue weighted by atomic mass is 10.2. The minimum Gasteiger partial charge on any atom is -0.497 e. The largest absolute Gasteiger partial charge is 0.497 e. The molecule has 1 atom stereocenters. The van der Waals surface area contributed by atoms with E-state index in [9.17, 15) is 9.59 Å². The second kappa shape index (κ2) is 6.10. The summed E-state index contributed by atoms with van der Waals surface area (Å²) < 4.78 is 10.1. The number of carbonyl (C=O) groups is 2. The fourth-order valence-electron chi connectivity index (χ4n) is 1.90. The molecule has 1 aliphatic rings. The van der Waals surface area contributed by atoms with Gasteiger partial charge in [0.1, 0.15) is 11.9 Å². The van der Waals surface area contributed by atoms with Gasteiger partial charge in [-0.25, -0.2) is 9.59 Å². The molecule has 0 aliphatic carbocycles. The van der Waals surface area contributed by atoms with Gasteiger partial charge < -0.3 is 14.6 Å². The third-order valence-electron chi connectivity index (χ3n) is 2.90. The van der Waals surface area contributed by atoms with Crippen molar-refractivity contribution < 1.29 is 24.2 Å². The van der Waals surface area contributed by atoms with Crippen LogP contribution in [0.2, 0.25) is 0 Å². The first-order valence-corrected chi connectivity index (χ1v) is 6.08. The Hall–Kier alpha value is -2.50. The highest BCUT2D eigenvalue weighted by Crippen LogP contribution is 2.18. The summed E-state index contributed by atoms with van der Waals surface area (Å²) in [6.07, 6.45) is 1.39. The molecule has 1 saturated heterocycles. The van der Waals surface area contributed by atoms with Crippen LogP contribution >= 0.6 is 0 Å². The van der Waals surface area contributed by atoms with Crippen LogP contribution in [-0.2, 0) is 16.1 Å². The van der Waals surface area contributed by atoms with Gasteiger partial charge in [-0.2, -0.15) is 0 Å². The molecule has 1 amide bonds. The number of amides is 1. The normalized spacial score (nSPS) is 18.4. The lowest BCUT2D eigenvalue weighted by molar-refractivity contribution is -0.131. The maximum Gasteiger partial charge on any atom is 0.410 e. The molecule has 106 valence electrons. The van der Waals surface area contributed by atoms with Crippen molar-refractivity contribution in [3.05, 3.63) is 42.0 Å². The maximum absolute atomic E-state index is 11.7. The Balaban J connectivity index is 1.95. The molecule has 0 saturated carbocycles. The van der Waals surface area contributed by atoms with E-state index in [1.165, 1.54) is 11.0 Å². The van der Waals surface area contributed by atoms with Crippen LogP contribution in [0.25, 0.3) is 0 Å². The van der Waals surface area contributed by atoms with Crippen molar-refractivity contribution in [1.29, 1.82) is 0 Å². The molecule has 1 heterocycles. The van der Waals surface area contributed by atoms with Gasteiger partial charge in [-0.3, -0.25) is 4.90 Å². The summed E-state index contributed by atoms with van der Waals surface area (Å²) in [4.78, 5) is 23.6. The Labute approximate surface area is 116 Å². The summed E-state index contributed by atoms with van der Waals surface area (Å²) in [7, 11) is 1.59. The Morgan fingerprint density at radius 2 is 2.20 bits per heavy atom. The molecule has 0 radical (unpaired) electrons. The predicted octanol–water partition coefficient (Wildman–Crippen LogP) is 1.66. The monoisotopic (exact) mass is 277 g/mol. The number of carboxylic acid groups (broad SMARTS) is 1. The number of carbonyl (C=O) groups excluding carboxylic acids is 1. The third kappa shape index (κ3) is 3.50. The Kier molecular flexibility index (Phi) is 4.24. The van der Waals surface area contributed by atoms with Crippen molar-refractivity contribution >= 4 is 12.1 Å². The van der Waals surface area contributed by atoms with E-state index >= 15 is 0 Å². The van der Waals surface area contributed by atoms with Crippen LogP contribution in [0.4, 0.5) is 4.79 Å². The van der Waals surface area contributed by atoms with E-state index in [0.717, 1.165) is 17.4 Å². The third-order valence-corrected chi connectivity index (χ3v) is 2.90. The number of ether oxygens (including phenoxy) is 2. The van der Waals surface area contributed by atoms with Gasteiger partial charge in [0.2, 0.25) is 0 Å². The van der Waals surface area contributed by atoms with Crippen molar-refractivity contribution in [2.75, 3.05) is 13.7 Å². The Morgan fingerprint density at radius 1 is 1.50 bits per heavy atom. The fraction of sp³-hybridized carbons (Fsp3) is 0.286. The molecule has 1 aromatic rings. The summed E-state index contributed by atoms with van der Waals surface area (Å²) >= 11 is 0. The number of methoxy groups -OCH3 is 1. The minimum atomic E-state index is -1.06. The topological polar surface area (TPSA) is 76.1 Å². The van der Waals surface area contributed by atoms with Gasteiger partial charge in [0.05, 0.1) is 13.7 Å². The Morgan fingerprint density at radius 3 is 2.80 bits per heavy atom.